The Morgan fingerprint density at radius 1 is 0.864 bits per heavy atom. The van der Waals surface area contributed by atoms with Crippen LogP contribution < -0.4 is 4.18 Å². The number of aryl methyl sites for hydroxylation is 1. The van der Waals surface area contributed by atoms with Crippen molar-refractivity contribution in [1.29, 1.82) is 0 Å². The number of hydrogen-bond donors (Lipinski definition) is 0. The standard InChI is InChI=1S/C18H16O3S/c1-14-5-4-6-15(11-14)13-22(19,20)21-18-10-9-16-7-2-3-8-17(16)12-18/h2-12H,13H2,1H3. The van der Waals surface area contributed by atoms with E-state index in [4.69, 9.17) is 4.18 Å². The molecule has 0 saturated heterocycles. The first-order valence-electron chi connectivity index (χ1n) is 6.98. The van der Waals surface area contributed by atoms with Crippen molar-refractivity contribution < 1.29 is 12.6 Å². The Balaban J connectivity index is 1.83. The van der Waals surface area contributed by atoms with E-state index < -0.39 is 10.1 Å². The van der Waals surface area contributed by atoms with Crippen molar-refractivity contribution in [2.75, 3.05) is 0 Å². The molecule has 0 atom stereocenters. The molecule has 0 amide bonds. The van der Waals surface area contributed by atoms with Crippen LogP contribution in [0.1, 0.15) is 11.1 Å². The molecule has 0 aliphatic carbocycles. The van der Waals surface area contributed by atoms with Gasteiger partial charge in [-0.25, -0.2) is 0 Å². The molecule has 0 heterocycles. The van der Waals surface area contributed by atoms with Crippen molar-refractivity contribution in [3.8, 4) is 5.75 Å². The van der Waals surface area contributed by atoms with Crippen LogP contribution in [0.15, 0.2) is 66.7 Å². The molecule has 0 aliphatic rings. The Labute approximate surface area is 130 Å². The maximum Gasteiger partial charge on any atom is 0.313 e. The first kappa shape index (κ1) is 14.6. The maximum atomic E-state index is 12.2. The Morgan fingerprint density at radius 3 is 2.41 bits per heavy atom. The summed E-state index contributed by atoms with van der Waals surface area (Å²) in [6.45, 7) is 1.93. The number of rotatable bonds is 4. The summed E-state index contributed by atoms with van der Waals surface area (Å²) in [4.78, 5) is 0. The predicted molar refractivity (Wildman–Crippen MR) is 88.4 cm³/mol. The van der Waals surface area contributed by atoms with Gasteiger partial charge in [0.2, 0.25) is 0 Å². The van der Waals surface area contributed by atoms with E-state index in [1.807, 2.05) is 55.5 Å². The zero-order valence-corrected chi connectivity index (χ0v) is 13.0. The summed E-state index contributed by atoms with van der Waals surface area (Å²) in [5, 5.41) is 2.00. The third-order valence-corrected chi connectivity index (χ3v) is 4.50. The Kier molecular flexibility index (Phi) is 3.86. The van der Waals surface area contributed by atoms with Crippen molar-refractivity contribution in [2.45, 2.75) is 12.7 Å². The number of fused-ring (bicyclic) bond motifs is 1. The monoisotopic (exact) mass is 312 g/mol. The number of hydrogen-bond acceptors (Lipinski definition) is 3. The topological polar surface area (TPSA) is 43.4 Å². The van der Waals surface area contributed by atoms with Gasteiger partial charge < -0.3 is 4.18 Å². The van der Waals surface area contributed by atoms with Crippen molar-refractivity contribution in [1.82, 2.24) is 0 Å². The quantitative estimate of drug-likeness (QED) is 0.682. The van der Waals surface area contributed by atoms with Gasteiger partial charge >= 0.3 is 10.1 Å². The Hall–Kier alpha value is -2.33. The highest BCUT2D eigenvalue weighted by atomic mass is 32.2. The van der Waals surface area contributed by atoms with Crippen LogP contribution in [0.25, 0.3) is 10.8 Å². The second kappa shape index (κ2) is 5.81. The number of benzene rings is 3. The molecular weight excluding hydrogens is 296 g/mol. The molecule has 0 fully saturated rings. The molecule has 0 N–H and O–H groups in total. The third-order valence-electron chi connectivity index (χ3n) is 3.37. The van der Waals surface area contributed by atoms with Gasteiger partial charge in [-0.3, -0.25) is 0 Å². The predicted octanol–water partition coefficient (Wildman–Crippen LogP) is 4.06. The summed E-state index contributed by atoms with van der Waals surface area (Å²) in [7, 11) is -3.67. The van der Waals surface area contributed by atoms with Gasteiger partial charge in [0.05, 0.1) is 0 Å². The second-order valence-electron chi connectivity index (χ2n) is 5.28. The molecule has 0 unspecified atom stereocenters. The highest BCUT2D eigenvalue weighted by molar-refractivity contribution is 7.86. The largest absolute Gasteiger partial charge is 0.382 e. The molecule has 112 valence electrons. The second-order valence-corrected chi connectivity index (χ2v) is 6.85. The van der Waals surface area contributed by atoms with Crippen LogP contribution in [-0.4, -0.2) is 8.42 Å². The van der Waals surface area contributed by atoms with E-state index in [0.717, 1.165) is 21.9 Å². The summed E-state index contributed by atoms with van der Waals surface area (Å²) in [6, 6.07) is 20.4. The molecule has 0 aliphatic heterocycles. The summed E-state index contributed by atoms with van der Waals surface area (Å²) in [5.74, 6) is 0.202. The zero-order chi connectivity index (χ0) is 15.6. The molecule has 22 heavy (non-hydrogen) atoms. The smallest absolute Gasteiger partial charge is 0.313 e. The average molecular weight is 312 g/mol. The molecular formula is C18H16O3S. The summed E-state index contributed by atoms with van der Waals surface area (Å²) >= 11 is 0. The minimum absolute atomic E-state index is 0.137. The van der Waals surface area contributed by atoms with Crippen LogP contribution in [-0.2, 0) is 15.9 Å². The molecule has 0 saturated carbocycles. The Morgan fingerprint density at radius 2 is 1.64 bits per heavy atom. The molecule has 0 spiro atoms. The molecule has 0 bridgehead atoms. The molecule has 0 radical (unpaired) electrons. The molecule has 3 nitrogen and oxygen atoms in total. The van der Waals surface area contributed by atoms with Crippen LogP contribution in [0.2, 0.25) is 0 Å². The van der Waals surface area contributed by atoms with E-state index in [0.29, 0.717) is 5.75 Å². The third kappa shape index (κ3) is 3.46. The van der Waals surface area contributed by atoms with E-state index in [9.17, 15) is 8.42 Å². The lowest BCUT2D eigenvalue weighted by Gasteiger charge is -2.08. The summed E-state index contributed by atoms with van der Waals surface area (Å²) < 4.78 is 29.6. The lowest BCUT2D eigenvalue weighted by Crippen LogP contribution is -2.12. The molecule has 0 aromatic heterocycles. The van der Waals surface area contributed by atoms with Crippen LogP contribution in [0.3, 0.4) is 0 Å². The van der Waals surface area contributed by atoms with Gasteiger partial charge in [0.15, 0.2) is 0 Å². The van der Waals surface area contributed by atoms with Gasteiger partial charge in [0, 0.05) is 0 Å². The fourth-order valence-corrected chi connectivity index (χ4v) is 3.44. The maximum absolute atomic E-state index is 12.2. The SMILES string of the molecule is Cc1cccc(CS(=O)(=O)Oc2ccc3ccccc3c2)c1. The summed E-state index contributed by atoms with van der Waals surface area (Å²) in [5.41, 5.74) is 1.75. The first-order valence-corrected chi connectivity index (χ1v) is 8.56. The van der Waals surface area contributed by atoms with Crippen molar-refractivity contribution in [3.05, 3.63) is 77.9 Å². The average Bonchev–Trinajstić information content (AvgIpc) is 2.46. The van der Waals surface area contributed by atoms with Gasteiger partial charge in [0.25, 0.3) is 0 Å². The molecule has 3 aromatic carbocycles. The van der Waals surface area contributed by atoms with E-state index in [-0.39, 0.29) is 5.75 Å². The van der Waals surface area contributed by atoms with Gasteiger partial charge in [-0.15, -0.1) is 0 Å². The van der Waals surface area contributed by atoms with E-state index in [1.165, 1.54) is 0 Å². The van der Waals surface area contributed by atoms with Crippen LogP contribution in [0, 0.1) is 6.92 Å². The lowest BCUT2D eigenvalue weighted by molar-refractivity contribution is 0.485. The fourth-order valence-electron chi connectivity index (χ4n) is 2.40. The molecule has 3 rings (SSSR count). The van der Waals surface area contributed by atoms with Gasteiger partial charge in [-0.2, -0.15) is 8.42 Å². The van der Waals surface area contributed by atoms with Crippen molar-refractivity contribution in [2.24, 2.45) is 0 Å². The minimum atomic E-state index is -3.67. The fraction of sp³-hybridized carbons (Fsp3) is 0.111. The zero-order valence-electron chi connectivity index (χ0n) is 12.2. The minimum Gasteiger partial charge on any atom is -0.382 e. The van der Waals surface area contributed by atoms with E-state index >= 15 is 0 Å². The first-order chi connectivity index (χ1) is 10.5. The van der Waals surface area contributed by atoms with Crippen LogP contribution in [0.5, 0.6) is 5.75 Å². The Bertz CT molecular complexity index is 914. The normalized spacial score (nSPS) is 11.5. The van der Waals surface area contributed by atoms with Crippen LogP contribution >= 0.6 is 0 Å². The lowest BCUT2D eigenvalue weighted by atomic mass is 10.1. The molecule has 3 aromatic rings. The summed E-state index contributed by atoms with van der Waals surface area (Å²) in [6.07, 6.45) is 0. The van der Waals surface area contributed by atoms with Gasteiger partial charge in [0.1, 0.15) is 11.5 Å². The highest BCUT2D eigenvalue weighted by Gasteiger charge is 2.14. The van der Waals surface area contributed by atoms with Crippen molar-refractivity contribution >= 4 is 20.9 Å². The van der Waals surface area contributed by atoms with Crippen molar-refractivity contribution in [3.63, 3.8) is 0 Å². The highest BCUT2D eigenvalue weighted by Crippen LogP contribution is 2.22. The molecule has 4 heteroatoms. The van der Waals surface area contributed by atoms with E-state index in [2.05, 4.69) is 0 Å². The van der Waals surface area contributed by atoms with Crippen LogP contribution in [0.4, 0.5) is 0 Å². The van der Waals surface area contributed by atoms with Gasteiger partial charge in [-0.1, -0.05) is 60.2 Å². The van der Waals surface area contributed by atoms with Gasteiger partial charge in [-0.05, 0) is 35.4 Å². The van der Waals surface area contributed by atoms with E-state index in [1.54, 1.807) is 18.2 Å².